The van der Waals surface area contributed by atoms with Crippen LogP contribution in [0.4, 0.5) is 5.69 Å². The quantitative estimate of drug-likeness (QED) is 0.280. The maximum Gasteiger partial charge on any atom is 0.356 e. The molecule has 1 aromatic heterocycles. The van der Waals surface area contributed by atoms with Gasteiger partial charge in [-0.05, 0) is 12.1 Å². The lowest BCUT2D eigenvalue weighted by molar-refractivity contribution is 0.0691. The first kappa shape index (κ1) is 17.1. The average molecular weight is 377 g/mol. The number of aromatic nitrogens is 1. The molecule has 10 heteroatoms. The maximum absolute atomic E-state index is 11.0. The third kappa shape index (κ3) is 3.58. The normalized spacial score (nSPS) is 10.9. The average Bonchev–Trinajstić information content (AvgIpc) is 2.50. The Balaban J connectivity index is 2.35. The standard InChI is InChI=1S/C13H8Cl3N3O4/c14-7-9(8(15)12(16)18-10(7)13(22)23)19-17-4-5-2-1-3-6(20)11(5)21/h1-4,20-21H,(H,18,19)(H,22,23)/b17-4+. The van der Waals surface area contributed by atoms with Crippen molar-refractivity contribution in [2.24, 2.45) is 5.10 Å². The zero-order chi connectivity index (χ0) is 17.1. The third-order valence-electron chi connectivity index (χ3n) is 2.67. The number of pyridine rings is 1. The Kier molecular flexibility index (Phi) is 5.15. The molecule has 0 unspecified atom stereocenters. The summed E-state index contributed by atoms with van der Waals surface area (Å²) in [6.07, 6.45) is 1.18. The van der Waals surface area contributed by atoms with Gasteiger partial charge in [-0.15, -0.1) is 0 Å². The second-order valence-corrected chi connectivity index (χ2v) is 5.26. The number of hydrogen-bond acceptors (Lipinski definition) is 6. The van der Waals surface area contributed by atoms with Gasteiger partial charge in [-0.25, -0.2) is 9.78 Å². The monoisotopic (exact) mass is 375 g/mol. The van der Waals surface area contributed by atoms with Gasteiger partial charge in [0.15, 0.2) is 22.3 Å². The molecule has 1 heterocycles. The lowest BCUT2D eigenvalue weighted by atomic mass is 10.2. The van der Waals surface area contributed by atoms with Gasteiger partial charge < -0.3 is 15.3 Å². The minimum absolute atomic E-state index is 0.0540. The van der Waals surface area contributed by atoms with Crippen LogP contribution in [0, 0.1) is 0 Å². The smallest absolute Gasteiger partial charge is 0.356 e. The number of nitrogens with one attached hydrogen (secondary N) is 1. The van der Waals surface area contributed by atoms with Gasteiger partial charge in [0.25, 0.3) is 0 Å². The van der Waals surface area contributed by atoms with Gasteiger partial charge in [-0.2, -0.15) is 5.10 Å². The SMILES string of the molecule is O=C(O)c1nc(Cl)c(Cl)c(N/N=C/c2cccc(O)c2O)c1Cl. The highest BCUT2D eigenvalue weighted by Gasteiger charge is 2.20. The zero-order valence-corrected chi connectivity index (χ0v) is 13.4. The Morgan fingerprint density at radius 1 is 1.22 bits per heavy atom. The largest absolute Gasteiger partial charge is 0.504 e. The first-order chi connectivity index (χ1) is 10.8. The van der Waals surface area contributed by atoms with Crippen LogP contribution in [0.5, 0.6) is 11.5 Å². The highest BCUT2D eigenvalue weighted by atomic mass is 35.5. The first-order valence-corrected chi connectivity index (χ1v) is 7.04. The van der Waals surface area contributed by atoms with Crippen LogP contribution in [0.1, 0.15) is 16.1 Å². The van der Waals surface area contributed by atoms with Gasteiger partial charge in [0.2, 0.25) is 0 Å². The zero-order valence-electron chi connectivity index (χ0n) is 11.1. The van der Waals surface area contributed by atoms with Crippen LogP contribution >= 0.6 is 34.8 Å². The van der Waals surface area contributed by atoms with E-state index < -0.39 is 11.7 Å². The molecule has 0 amide bonds. The van der Waals surface area contributed by atoms with Gasteiger partial charge >= 0.3 is 5.97 Å². The predicted molar refractivity (Wildman–Crippen MR) is 87.2 cm³/mol. The molecule has 7 nitrogen and oxygen atoms in total. The third-order valence-corrected chi connectivity index (χ3v) is 3.77. The van der Waals surface area contributed by atoms with Gasteiger partial charge in [0.1, 0.15) is 10.0 Å². The van der Waals surface area contributed by atoms with Crippen molar-refractivity contribution in [3.8, 4) is 11.5 Å². The number of carboxylic acid groups (broad SMARTS) is 1. The fraction of sp³-hybridized carbons (Fsp3) is 0. The number of phenols is 2. The molecular weight excluding hydrogens is 369 g/mol. The van der Waals surface area contributed by atoms with E-state index in [9.17, 15) is 15.0 Å². The number of phenolic OH excluding ortho intramolecular Hbond substituents is 2. The molecule has 0 aliphatic rings. The van der Waals surface area contributed by atoms with Crippen LogP contribution in [0.3, 0.4) is 0 Å². The number of halogens is 3. The molecular formula is C13H8Cl3N3O4. The molecule has 0 saturated carbocycles. The number of benzene rings is 1. The fourth-order valence-corrected chi connectivity index (χ4v) is 2.24. The van der Waals surface area contributed by atoms with Crippen molar-refractivity contribution < 1.29 is 20.1 Å². The molecule has 120 valence electrons. The first-order valence-electron chi connectivity index (χ1n) is 5.90. The summed E-state index contributed by atoms with van der Waals surface area (Å²) in [6, 6.07) is 4.30. The molecule has 0 aliphatic heterocycles. The van der Waals surface area contributed by atoms with Gasteiger partial charge in [0, 0.05) is 5.56 Å². The Hall–Kier alpha value is -2.22. The highest BCUT2D eigenvalue weighted by Crippen LogP contribution is 2.37. The van der Waals surface area contributed by atoms with Crippen molar-refractivity contribution in [1.29, 1.82) is 0 Å². The van der Waals surface area contributed by atoms with E-state index in [1.165, 1.54) is 24.4 Å². The van der Waals surface area contributed by atoms with E-state index in [4.69, 9.17) is 39.9 Å². The summed E-state index contributed by atoms with van der Waals surface area (Å²) >= 11 is 17.6. The number of rotatable bonds is 4. The molecule has 0 fully saturated rings. The minimum Gasteiger partial charge on any atom is -0.504 e. The fourth-order valence-electron chi connectivity index (χ4n) is 1.57. The van der Waals surface area contributed by atoms with E-state index in [0.29, 0.717) is 0 Å². The number of aromatic hydroxyl groups is 2. The number of carboxylic acids is 1. The molecule has 0 saturated heterocycles. The van der Waals surface area contributed by atoms with Crippen molar-refractivity contribution in [2.75, 3.05) is 5.43 Å². The minimum atomic E-state index is -1.38. The molecule has 0 radical (unpaired) electrons. The maximum atomic E-state index is 11.0. The van der Waals surface area contributed by atoms with E-state index >= 15 is 0 Å². The van der Waals surface area contributed by atoms with Crippen LogP contribution in [0.15, 0.2) is 23.3 Å². The van der Waals surface area contributed by atoms with E-state index in [2.05, 4.69) is 15.5 Å². The number of aromatic carboxylic acids is 1. The number of hydrazone groups is 1. The lowest BCUT2D eigenvalue weighted by Gasteiger charge is -2.09. The van der Waals surface area contributed by atoms with Crippen LogP contribution in [0.25, 0.3) is 0 Å². The molecule has 0 bridgehead atoms. The summed E-state index contributed by atoms with van der Waals surface area (Å²) < 4.78 is 0. The summed E-state index contributed by atoms with van der Waals surface area (Å²) in [7, 11) is 0. The van der Waals surface area contributed by atoms with Gasteiger partial charge in [-0.3, -0.25) is 5.43 Å². The molecule has 1 aromatic carbocycles. The number of carbonyl (C=O) groups is 1. The summed E-state index contributed by atoms with van der Waals surface area (Å²) in [4.78, 5) is 14.6. The number of nitrogens with zero attached hydrogens (tertiary/aromatic N) is 2. The van der Waals surface area contributed by atoms with Crippen LogP contribution in [-0.4, -0.2) is 32.5 Å². The second kappa shape index (κ2) is 6.91. The topological polar surface area (TPSA) is 115 Å². The molecule has 0 aliphatic carbocycles. The second-order valence-electron chi connectivity index (χ2n) is 4.14. The van der Waals surface area contributed by atoms with E-state index in [1.807, 2.05) is 0 Å². The Morgan fingerprint density at radius 2 is 1.91 bits per heavy atom. The van der Waals surface area contributed by atoms with Crippen LogP contribution in [-0.2, 0) is 0 Å². The van der Waals surface area contributed by atoms with Crippen molar-refractivity contribution in [3.05, 3.63) is 44.7 Å². The molecule has 2 rings (SSSR count). The number of anilines is 1. The molecule has 23 heavy (non-hydrogen) atoms. The molecule has 4 N–H and O–H groups in total. The van der Waals surface area contributed by atoms with Crippen molar-refractivity contribution in [3.63, 3.8) is 0 Å². The number of hydrogen-bond donors (Lipinski definition) is 4. The summed E-state index contributed by atoms with van der Waals surface area (Å²) in [5, 5.41) is 31.1. The van der Waals surface area contributed by atoms with Crippen LogP contribution < -0.4 is 5.43 Å². The van der Waals surface area contributed by atoms with Crippen molar-refractivity contribution in [1.82, 2.24) is 4.98 Å². The van der Waals surface area contributed by atoms with Crippen LogP contribution in [0.2, 0.25) is 15.2 Å². The summed E-state index contributed by atoms with van der Waals surface area (Å²) in [5.41, 5.74) is 2.11. The Bertz CT molecular complexity index is 812. The number of para-hydroxylation sites is 1. The molecule has 2 aromatic rings. The Morgan fingerprint density at radius 3 is 2.57 bits per heavy atom. The van der Waals surface area contributed by atoms with Crippen molar-refractivity contribution in [2.45, 2.75) is 0 Å². The highest BCUT2D eigenvalue weighted by molar-refractivity contribution is 6.46. The van der Waals surface area contributed by atoms with Crippen molar-refractivity contribution >= 4 is 52.7 Å². The van der Waals surface area contributed by atoms with Gasteiger partial charge in [-0.1, -0.05) is 40.9 Å². The summed E-state index contributed by atoms with van der Waals surface area (Å²) in [6.45, 7) is 0. The lowest BCUT2D eigenvalue weighted by Crippen LogP contribution is -2.05. The summed E-state index contributed by atoms with van der Waals surface area (Å²) in [5.74, 6) is -2.06. The Labute approximate surface area is 144 Å². The van der Waals surface area contributed by atoms with E-state index in [-0.39, 0.29) is 37.9 Å². The molecule has 0 atom stereocenters. The predicted octanol–water partition coefficient (Wildman–Crippen LogP) is 3.60. The molecule has 0 spiro atoms. The van der Waals surface area contributed by atoms with E-state index in [1.54, 1.807) is 0 Å². The van der Waals surface area contributed by atoms with Gasteiger partial charge in [0.05, 0.1) is 11.9 Å². The van der Waals surface area contributed by atoms with E-state index in [0.717, 1.165) is 0 Å².